The van der Waals surface area contributed by atoms with E-state index in [0.29, 0.717) is 43.9 Å². The number of rotatable bonds is 7. The van der Waals surface area contributed by atoms with Crippen LogP contribution in [0.4, 0.5) is 0 Å². The maximum absolute atomic E-state index is 13.6. The molecule has 2 saturated heterocycles. The molecule has 2 atom stereocenters. The van der Waals surface area contributed by atoms with Gasteiger partial charge in [0.25, 0.3) is 5.91 Å². The number of carbonyl (C=O) groups is 3. The zero-order chi connectivity index (χ0) is 24.1. The fourth-order valence-electron chi connectivity index (χ4n) is 4.66. The van der Waals surface area contributed by atoms with Crippen LogP contribution in [-0.4, -0.2) is 90.9 Å². The maximum Gasteiger partial charge on any atom is 0.254 e. The molecule has 8 nitrogen and oxygen atoms in total. The van der Waals surface area contributed by atoms with E-state index >= 15 is 0 Å². The predicted octanol–water partition coefficient (Wildman–Crippen LogP) is 1.85. The molecule has 0 radical (unpaired) electrons. The van der Waals surface area contributed by atoms with Crippen LogP contribution in [-0.2, 0) is 9.59 Å². The van der Waals surface area contributed by atoms with E-state index in [1.807, 2.05) is 23.6 Å². The molecule has 2 fully saturated rings. The van der Waals surface area contributed by atoms with Crippen LogP contribution in [0.1, 0.15) is 44.5 Å². The molecule has 33 heavy (non-hydrogen) atoms. The molecular formula is C25H38N4O4. The van der Waals surface area contributed by atoms with Gasteiger partial charge in [-0.15, -0.1) is 0 Å². The number of nitrogens with zero attached hydrogens (tertiary/aromatic N) is 3. The first-order valence-electron chi connectivity index (χ1n) is 12.0. The van der Waals surface area contributed by atoms with Crippen molar-refractivity contribution in [2.45, 2.75) is 46.2 Å². The molecule has 2 unspecified atom stereocenters. The minimum absolute atomic E-state index is 0.0308. The standard InChI is InChI=1S/C25H38N4O4/c1-17(2)15-28(23(30)18(3)4)20-14-22(25(32)27-11-9-26-10-12-27)29(16-20)24(31)19-7-6-8-21(13-19)33-5/h6-8,13,17-18,20,22,26H,9-12,14-16H2,1-5H3. The van der Waals surface area contributed by atoms with Crippen molar-refractivity contribution in [3.8, 4) is 5.75 Å². The average molecular weight is 459 g/mol. The van der Waals surface area contributed by atoms with Crippen LogP contribution in [0.3, 0.4) is 0 Å². The second kappa shape index (κ2) is 11.0. The van der Waals surface area contributed by atoms with Gasteiger partial charge in [0.2, 0.25) is 11.8 Å². The largest absolute Gasteiger partial charge is 0.497 e. The smallest absolute Gasteiger partial charge is 0.254 e. The van der Waals surface area contributed by atoms with E-state index in [2.05, 4.69) is 19.2 Å². The highest BCUT2D eigenvalue weighted by Crippen LogP contribution is 2.28. The van der Waals surface area contributed by atoms with Crippen molar-refractivity contribution in [2.75, 3.05) is 46.4 Å². The first kappa shape index (κ1) is 25.0. The second-order valence-electron chi connectivity index (χ2n) is 9.71. The van der Waals surface area contributed by atoms with Crippen LogP contribution >= 0.6 is 0 Å². The second-order valence-corrected chi connectivity index (χ2v) is 9.71. The van der Waals surface area contributed by atoms with Crippen molar-refractivity contribution in [3.63, 3.8) is 0 Å². The summed E-state index contributed by atoms with van der Waals surface area (Å²) in [4.78, 5) is 45.6. The number of hydrogen-bond acceptors (Lipinski definition) is 5. The topological polar surface area (TPSA) is 82.2 Å². The van der Waals surface area contributed by atoms with Gasteiger partial charge < -0.3 is 24.8 Å². The van der Waals surface area contributed by atoms with Gasteiger partial charge in [0, 0.05) is 50.7 Å². The van der Waals surface area contributed by atoms with E-state index in [9.17, 15) is 14.4 Å². The van der Waals surface area contributed by atoms with Gasteiger partial charge in [-0.25, -0.2) is 0 Å². The fraction of sp³-hybridized carbons (Fsp3) is 0.640. The van der Waals surface area contributed by atoms with Gasteiger partial charge in [0.05, 0.1) is 13.2 Å². The SMILES string of the molecule is COc1cccc(C(=O)N2CC(N(CC(C)C)C(=O)C(C)C)CC2C(=O)N2CCNCC2)c1. The minimum atomic E-state index is -0.582. The van der Waals surface area contributed by atoms with Gasteiger partial charge in [-0.2, -0.15) is 0 Å². The number of nitrogens with one attached hydrogen (secondary N) is 1. The van der Waals surface area contributed by atoms with Crippen LogP contribution in [0.25, 0.3) is 0 Å². The molecular weight excluding hydrogens is 420 g/mol. The highest BCUT2D eigenvalue weighted by atomic mass is 16.5. The lowest BCUT2D eigenvalue weighted by molar-refractivity contribution is -0.138. The molecule has 182 valence electrons. The van der Waals surface area contributed by atoms with Gasteiger partial charge in [-0.3, -0.25) is 14.4 Å². The molecule has 1 aromatic carbocycles. The number of hydrogen-bond donors (Lipinski definition) is 1. The molecule has 0 spiro atoms. The molecule has 0 aliphatic carbocycles. The molecule has 1 aromatic rings. The molecule has 0 saturated carbocycles. The van der Waals surface area contributed by atoms with Crippen molar-refractivity contribution < 1.29 is 19.1 Å². The van der Waals surface area contributed by atoms with Gasteiger partial charge in [0.15, 0.2) is 0 Å². The summed E-state index contributed by atoms with van der Waals surface area (Å²) in [7, 11) is 1.56. The summed E-state index contributed by atoms with van der Waals surface area (Å²) in [6.45, 7) is 11.7. The third kappa shape index (κ3) is 5.85. The Morgan fingerprint density at radius 1 is 1.15 bits per heavy atom. The molecule has 3 amide bonds. The Bertz CT molecular complexity index is 851. The quantitative estimate of drug-likeness (QED) is 0.674. The number of amides is 3. The summed E-state index contributed by atoms with van der Waals surface area (Å²) in [5.74, 6) is 0.575. The summed E-state index contributed by atoms with van der Waals surface area (Å²) in [5.41, 5.74) is 0.485. The van der Waals surface area contributed by atoms with E-state index in [4.69, 9.17) is 4.74 Å². The Hall–Kier alpha value is -2.61. The highest BCUT2D eigenvalue weighted by molar-refractivity contribution is 5.98. The normalized spacial score (nSPS) is 20.9. The third-order valence-electron chi connectivity index (χ3n) is 6.35. The Labute approximate surface area is 197 Å². The minimum Gasteiger partial charge on any atom is -0.497 e. The molecule has 2 heterocycles. The first-order chi connectivity index (χ1) is 15.7. The number of piperazine rings is 1. The molecule has 2 aliphatic rings. The number of ether oxygens (including phenoxy) is 1. The number of carbonyl (C=O) groups excluding carboxylic acids is 3. The van der Waals surface area contributed by atoms with E-state index in [-0.39, 0.29) is 35.6 Å². The highest BCUT2D eigenvalue weighted by Gasteiger charge is 2.45. The van der Waals surface area contributed by atoms with Crippen molar-refractivity contribution in [1.82, 2.24) is 20.0 Å². The Kier molecular flexibility index (Phi) is 8.35. The van der Waals surface area contributed by atoms with E-state index < -0.39 is 6.04 Å². The number of methoxy groups -OCH3 is 1. The summed E-state index contributed by atoms with van der Waals surface area (Å²) in [5, 5.41) is 3.27. The zero-order valence-electron chi connectivity index (χ0n) is 20.5. The Balaban J connectivity index is 1.91. The molecule has 2 aliphatic heterocycles. The van der Waals surface area contributed by atoms with Crippen molar-refractivity contribution >= 4 is 17.7 Å². The predicted molar refractivity (Wildman–Crippen MR) is 127 cm³/mol. The summed E-state index contributed by atoms with van der Waals surface area (Å²) in [6.07, 6.45) is 0.462. The number of benzene rings is 1. The lowest BCUT2D eigenvalue weighted by Gasteiger charge is -2.32. The van der Waals surface area contributed by atoms with Crippen molar-refractivity contribution in [3.05, 3.63) is 29.8 Å². The van der Waals surface area contributed by atoms with E-state index in [1.165, 1.54) is 0 Å². The maximum atomic E-state index is 13.6. The van der Waals surface area contributed by atoms with Crippen LogP contribution in [0.15, 0.2) is 24.3 Å². The monoisotopic (exact) mass is 458 g/mol. The first-order valence-corrected chi connectivity index (χ1v) is 12.0. The molecule has 0 bridgehead atoms. The van der Waals surface area contributed by atoms with Crippen molar-refractivity contribution in [2.24, 2.45) is 11.8 Å². The van der Waals surface area contributed by atoms with Crippen LogP contribution in [0.5, 0.6) is 5.75 Å². The third-order valence-corrected chi connectivity index (χ3v) is 6.35. The summed E-state index contributed by atoms with van der Waals surface area (Å²) >= 11 is 0. The van der Waals surface area contributed by atoms with E-state index in [0.717, 1.165) is 13.1 Å². The summed E-state index contributed by atoms with van der Waals surface area (Å²) < 4.78 is 5.29. The molecule has 8 heteroatoms. The van der Waals surface area contributed by atoms with E-state index in [1.54, 1.807) is 36.3 Å². The van der Waals surface area contributed by atoms with Crippen LogP contribution < -0.4 is 10.1 Å². The van der Waals surface area contributed by atoms with Gasteiger partial charge >= 0.3 is 0 Å². The van der Waals surface area contributed by atoms with Crippen molar-refractivity contribution in [1.29, 1.82) is 0 Å². The lowest BCUT2D eigenvalue weighted by atomic mass is 10.0. The average Bonchev–Trinajstić information content (AvgIpc) is 3.26. The molecule has 0 aromatic heterocycles. The Morgan fingerprint density at radius 2 is 1.85 bits per heavy atom. The fourth-order valence-corrected chi connectivity index (χ4v) is 4.66. The molecule has 1 N–H and O–H groups in total. The van der Waals surface area contributed by atoms with Gasteiger partial charge in [-0.1, -0.05) is 33.8 Å². The van der Waals surface area contributed by atoms with Gasteiger partial charge in [-0.05, 0) is 30.5 Å². The van der Waals surface area contributed by atoms with Gasteiger partial charge in [0.1, 0.15) is 11.8 Å². The Morgan fingerprint density at radius 3 is 2.45 bits per heavy atom. The number of likely N-dealkylation sites (tertiary alicyclic amines) is 1. The molecule has 3 rings (SSSR count). The van der Waals surface area contributed by atoms with Crippen LogP contribution in [0, 0.1) is 11.8 Å². The lowest BCUT2D eigenvalue weighted by Crippen LogP contribution is -2.53. The summed E-state index contributed by atoms with van der Waals surface area (Å²) in [6, 6.07) is 6.25. The zero-order valence-corrected chi connectivity index (χ0v) is 20.5. The van der Waals surface area contributed by atoms with Crippen LogP contribution in [0.2, 0.25) is 0 Å².